The van der Waals surface area contributed by atoms with Gasteiger partial charge in [0, 0.05) is 32.9 Å². The molecule has 0 amide bonds. The maximum atomic E-state index is 6.10. The van der Waals surface area contributed by atoms with Crippen LogP contribution in [-0.4, -0.2) is 0 Å². The van der Waals surface area contributed by atoms with Crippen LogP contribution in [0.15, 0.2) is 205 Å². The fraction of sp³-hybridized carbons (Fsp3) is 0.0545. The van der Waals surface area contributed by atoms with E-state index < -0.39 is 0 Å². The molecule has 57 heavy (non-hydrogen) atoms. The maximum absolute atomic E-state index is 6.10. The standard InChI is InChI=1S/C55H39NO/c1-55(2)50-34-40(36-13-5-3-6-14-36)25-28-45(50)46-29-27-42(35-51(46)55)56(41-15-7-4-8-16-41)52-31-30-43(44-17-9-10-18-47(44)52)38-23-21-37(22-24-38)39-26-32-54-49(33-39)48-19-11-12-20-53(48)57-54/h3-35H,1-2H3. The molecular weight excluding hydrogens is 691 g/mol. The average molecular weight is 730 g/mol. The van der Waals surface area contributed by atoms with E-state index in [4.69, 9.17) is 4.42 Å². The van der Waals surface area contributed by atoms with Gasteiger partial charge in [0.15, 0.2) is 0 Å². The largest absolute Gasteiger partial charge is 0.456 e. The molecule has 10 aromatic rings. The van der Waals surface area contributed by atoms with Crippen LogP contribution >= 0.6 is 0 Å². The van der Waals surface area contributed by atoms with Crippen LogP contribution in [0, 0.1) is 0 Å². The van der Waals surface area contributed by atoms with Gasteiger partial charge < -0.3 is 9.32 Å². The van der Waals surface area contributed by atoms with Gasteiger partial charge >= 0.3 is 0 Å². The summed E-state index contributed by atoms with van der Waals surface area (Å²) in [6.07, 6.45) is 0. The van der Waals surface area contributed by atoms with Crippen molar-refractivity contribution < 1.29 is 4.42 Å². The second-order valence-corrected chi connectivity index (χ2v) is 15.7. The topological polar surface area (TPSA) is 16.4 Å². The van der Waals surface area contributed by atoms with Gasteiger partial charge in [0.1, 0.15) is 11.2 Å². The first kappa shape index (κ1) is 33.2. The molecule has 1 aromatic heterocycles. The van der Waals surface area contributed by atoms with Crippen LogP contribution in [-0.2, 0) is 5.41 Å². The minimum atomic E-state index is -0.163. The lowest BCUT2D eigenvalue weighted by molar-refractivity contribution is 0.660. The molecule has 0 radical (unpaired) electrons. The normalized spacial score (nSPS) is 12.9. The highest BCUT2D eigenvalue weighted by atomic mass is 16.3. The highest BCUT2D eigenvalue weighted by Crippen LogP contribution is 2.52. The molecule has 9 aromatic carbocycles. The predicted molar refractivity (Wildman–Crippen MR) is 240 cm³/mol. The summed E-state index contributed by atoms with van der Waals surface area (Å²) in [4.78, 5) is 2.43. The number of furan rings is 1. The smallest absolute Gasteiger partial charge is 0.135 e. The molecule has 0 bridgehead atoms. The Hall–Kier alpha value is -7.16. The van der Waals surface area contributed by atoms with Crippen LogP contribution in [0.1, 0.15) is 25.0 Å². The van der Waals surface area contributed by atoms with E-state index in [9.17, 15) is 0 Å². The number of benzene rings is 9. The van der Waals surface area contributed by atoms with Gasteiger partial charge in [-0.15, -0.1) is 0 Å². The summed E-state index contributed by atoms with van der Waals surface area (Å²) >= 11 is 0. The summed E-state index contributed by atoms with van der Waals surface area (Å²) in [6, 6.07) is 72.7. The highest BCUT2D eigenvalue weighted by molar-refractivity contribution is 6.08. The van der Waals surface area contributed by atoms with Gasteiger partial charge in [-0.3, -0.25) is 0 Å². The quantitative estimate of drug-likeness (QED) is 0.169. The predicted octanol–water partition coefficient (Wildman–Crippen LogP) is 15.5. The molecule has 0 aliphatic heterocycles. The molecule has 11 rings (SSSR count). The zero-order valence-electron chi connectivity index (χ0n) is 31.9. The number of nitrogens with zero attached hydrogens (tertiary/aromatic N) is 1. The lowest BCUT2D eigenvalue weighted by atomic mass is 9.81. The number of rotatable bonds is 6. The van der Waals surface area contributed by atoms with E-state index in [0.29, 0.717) is 0 Å². The van der Waals surface area contributed by atoms with Crippen molar-refractivity contribution in [2.75, 3.05) is 4.90 Å². The lowest BCUT2D eigenvalue weighted by Crippen LogP contribution is -2.17. The Morgan fingerprint density at radius 1 is 0.351 bits per heavy atom. The van der Waals surface area contributed by atoms with Gasteiger partial charge in [-0.05, 0) is 116 Å². The minimum absolute atomic E-state index is 0.163. The first-order valence-corrected chi connectivity index (χ1v) is 19.8. The molecule has 0 spiro atoms. The fourth-order valence-corrected chi connectivity index (χ4v) is 9.16. The van der Waals surface area contributed by atoms with Crippen molar-refractivity contribution in [3.8, 4) is 44.5 Å². The van der Waals surface area contributed by atoms with Crippen LogP contribution < -0.4 is 4.90 Å². The number of para-hydroxylation sites is 2. The summed E-state index contributed by atoms with van der Waals surface area (Å²) < 4.78 is 6.10. The van der Waals surface area contributed by atoms with Crippen LogP contribution in [0.25, 0.3) is 77.2 Å². The molecule has 1 heterocycles. The van der Waals surface area contributed by atoms with Gasteiger partial charge in [0.05, 0.1) is 5.69 Å². The molecule has 0 N–H and O–H groups in total. The summed E-state index contributed by atoms with van der Waals surface area (Å²) in [5.41, 5.74) is 17.7. The molecule has 2 nitrogen and oxygen atoms in total. The molecule has 270 valence electrons. The molecule has 0 fully saturated rings. The zero-order chi connectivity index (χ0) is 38.1. The van der Waals surface area contributed by atoms with Crippen molar-refractivity contribution in [3.05, 3.63) is 211 Å². The Morgan fingerprint density at radius 2 is 0.895 bits per heavy atom. The van der Waals surface area contributed by atoms with Gasteiger partial charge in [0.2, 0.25) is 0 Å². The van der Waals surface area contributed by atoms with Crippen molar-refractivity contribution in [3.63, 3.8) is 0 Å². The summed E-state index contributed by atoms with van der Waals surface area (Å²) in [6.45, 7) is 4.74. The van der Waals surface area contributed by atoms with Crippen LogP contribution in [0.4, 0.5) is 17.1 Å². The third kappa shape index (κ3) is 5.40. The molecule has 0 unspecified atom stereocenters. The molecular formula is C55H39NO. The van der Waals surface area contributed by atoms with Gasteiger partial charge in [-0.25, -0.2) is 0 Å². The SMILES string of the molecule is CC1(C)c2cc(-c3ccccc3)ccc2-c2ccc(N(c3ccccc3)c3ccc(-c4ccc(-c5ccc6oc7ccccc7c6c5)cc4)c4ccccc34)cc21. The Bertz CT molecular complexity index is 3140. The number of anilines is 3. The van der Waals surface area contributed by atoms with Crippen molar-refractivity contribution in [1.82, 2.24) is 0 Å². The monoisotopic (exact) mass is 729 g/mol. The third-order valence-corrected chi connectivity index (χ3v) is 12.1. The highest BCUT2D eigenvalue weighted by Gasteiger charge is 2.36. The van der Waals surface area contributed by atoms with E-state index >= 15 is 0 Å². The number of hydrogen-bond acceptors (Lipinski definition) is 2. The molecule has 1 aliphatic carbocycles. The van der Waals surface area contributed by atoms with Crippen molar-refractivity contribution in [2.45, 2.75) is 19.3 Å². The van der Waals surface area contributed by atoms with Crippen molar-refractivity contribution in [2.24, 2.45) is 0 Å². The summed E-state index contributed by atoms with van der Waals surface area (Å²) in [5.74, 6) is 0. The van der Waals surface area contributed by atoms with Crippen LogP contribution in [0.3, 0.4) is 0 Å². The third-order valence-electron chi connectivity index (χ3n) is 12.1. The summed E-state index contributed by atoms with van der Waals surface area (Å²) in [7, 11) is 0. The fourth-order valence-electron chi connectivity index (χ4n) is 9.16. The second-order valence-electron chi connectivity index (χ2n) is 15.7. The Kier molecular flexibility index (Phi) is 7.55. The second kappa shape index (κ2) is 13.0. The molecule has 1 aliphatic rings. The Balaban J connectivity index is 0.990. The maximum Gasteiger partial charge on any atom is 0.135 e. The van der Waals surface area contributed by atoms with E-state index in [1.165, 1.54) is 66.4 Å². The van der Waals surface area contributed by atoms with E-state index in [-0.39, 0.29) is 5.41 Å². The first-order chi connectivity index (χ1) is 28.0. The van der Waals surface area contributed by atoms with Crippen LogP contribution in [0.5, 0.6) is 0 Å². The minimum Gasteiger partial charge on any atom is -0.456 e. The number of hydrogen-bond donors (Lipinski definition) is 0. The number of fused-ring (bicyclic) bond motifs is 7. The molecule has 0 saturated carbocycles. The Morgan fingerprint density at radius 3 is 1.68 bits per heavy atom. The summed E-state index contributed by atoms with van der Waals surface area (Å²) in [5, 5.41) is 4.71. The lowest BCUT2D eigenvalue weighted by Gasteiger charge is -2.29. The van der Waals surface area contributed by atoms with Gasteiger partial charge in [-0.2, -0.15) is 0 Å². The van der Waals surface area contributed by atoms with Crippen molar-refractivity contribution >= 4 is 49.8 Å². The zero-order valence-corrected chi connectivity index (χ0v) is 31.9. The van der Waals surface area contributed by atoms with E-state index in [0.717, 1.165) is 39.0 Å². The molecule has 0 atom stereocenters. The Labute approximate surface area is 332 Å². The molecule has 0 saturated heterocycles. The van der Waals surface area contributed by atoms with Crippen molar-refractivity contribution in [1.29, 1.82) is 0 Å². The van der Waals surface area contributed by atoms with Gasteiger partial charge in [-0.1, -0.05) is 159 Å². The first-order valence-electron chi connectivity index (χ1n) is 19.8. The van der Waals surface area contributed by atoms with E-state index in [1.54, 1.807) is 0 Å². The molecule has 2 heteroatoms. The van der Waals surface area contributed by atoms with E-state index in [1.807, 2.05) is 12.1 Å². The van der Waals surface area contributed by atoms with Crippen LogP contribution in [0.2, 0.25) is 0 Å². The average Bonchev–Trinajstić information content (AvgIpc) is 3.75. The van der Waals surface area contributed by atoms with E-state index in [2.05, 4.69) is 207 Å². The van der Waals surface area contributed by atoms with Gasteiger partial charge in [0.25, 0.3) is 0 Å².